The van der Waals surface area contributed by atoms with Gasteiger partial charge in [-0.25, -0.2) is 0 Å². The van der Waals surface area contributed by atoms with E-state index in [-0.39, 0.29) is 0 Å². The molecule has 0 fully saturated rings. The molecule has 2 rings (SSSR count). The molecule has 1 atom stereocenters. The second kappa shape index (κ2) is 10.8. The van der Waals surface area contributed by atoms with Crippen molar-refractivity contribution in [3.05, 3.63) is 35.4 Å². The third kappa shape index (κ3) is 6.52. The normalized spacial score (nSPS) is 17.4. The van der Waals surface area contributed by atoms with Crippen molar-refractivity contribution in [3.8, 4) is 0 Å². The zero-order chi connectivity index (χ0) is 15.5. The Balaban J connectivity index is 1.45. The monoisotopic (exact) mass is 301 g/mol. The zero-order valence-electron chi connectivity index (χ0n) is 14.6. The molecule has 1 unspecified atom stereocenters. The summed E-state index contributed by atoms with van der Waals surface area (Å²) in [6, 6.07) is 9.62. The molecule has 0 bridgehead atoms. The predicted octanol–water partition coefficient (Wildman–Crippen LogP) is 6.01. The second-order valence-corrected chi connectivity index (χ2v) is 7.02. The van der Waals surface area contributed by atoms with Crippen molar-refractivity contribution >= 4 is 0 Å². The predicted molar refractivity (Wildman–Crippen MR) is 97.2 cm³/mol. The highest BCUT2D eigenvalue weighted by atomic mass is 14.9. The van der Waals surface area contributed by atoms with E-state index >= 15 is 0 Å². The van der Waals surface area contributed by atoms with Crippen LogP contribution in [0.4, 0.5) is 0 Å². The summed E-state index contributed by atoms with van der Waals surface area (Å²) >= 11 is 0. The van der Waals surface area contributed by atoms with Gasteiger partial charge in [0, 0.05) is 12.6 Å². The Labute approximate surface area is 137 Å². The molecule has 1 aromatic rings. The van der Waals surface area contributed by atoms with Gasteiger partial charge in [-0.2, -0.15) is 0 Å². The van der Waals surface area contributed by atoms with Gasteiger partial charge in [-0.3, -0.25) is 0 Å². The van der Waals surface area contributed by atoms with Crippen molar-refractivity contribution in [1.29, 1.82) is 0 Å². The summed E-state index contributed by atoms with van der Waals surface area (Å²) < 4.78 is 0. The fourth-order valence-corrected chi connectivity index (χ4v) is 3.60. The van der Waals surface area contributed by atoms with Crippen LogP contribution in [0.1, 0.15) is 88.7 Å². The molecule has 0 saturated carbocycles. The third-order valence-electron chi connectivity index (χ3n) is 5.07. The van der Waals surface area contributed by atoms with E-state index in [2.05, 4.69) is 36.5 Å². The van der Waals surface area contributed by atoms with Crippen molar-refractivity contribution in [1.82, 2.24) is 5.32 Å². The molecule has 1 nitrogen and oxygen atoms in total. The number of unbranched alkanes of at least 4 members (excludes halogenated alkanes) is 9. The van der Waals surface area contributed by atoms with Crippen molar-refractivity contribution in [2.45, 2.75) is 96.6 Å². The van der Waals surface area contributed by atoms with Gasteiger partial charge in [0.1, 0.15) is 0 Å². The highest BCUT2D eigenvalue weighted by Crippen LogP contribution is 2.19. The van der Waals surface area contributed by atoms with Gasteiger partial charge in [0.05, 0.1) is 0 Å². The maximum absolute atomic E-state index is 3.71. The minimum absolute atomic E-state index is 0.712. The summed E-state index contributed by atoms with van der Waals surface area (Å²) in [5, 5.41) is 3.71. The van der Waals surface area contributed by atoms with E-state index in [0.29, 0.717) is 6.04 Å². The molecule has 0 aromatic heterocycles. The van der Waals surface area contributed by atoms with Crippen LogP contribution in [0.15, 0.2) is 24.3 Å². The quantitative estimate of drug-likeness (QED) is 0.493. The van der Waals surface area contributed by atoms with E-state index in [4.69, 9.17) is 0 Å². The summed E-state index contributed by atoms with van der Waals surface area (Å²) in [5.41, 5.74) is 3.07. The highest BCUT2D eigenvalue weighted by Gasteiger charge is 2.16. The SMILES string of the molecule is CCCCCCCCCCCCC1Cc2ccccc2CN1. The number of fused-ring (bicyclic) bond motifs is 1. The minimum atomic E-state index is 0.712. The summed E-state index contributed by atoms with van der Waals surface area (Å²) in [6.45, 7) is 3.36. The van der Waals surface area contributed by atoms with Crippen LogP contribution in [0.3, 0.4) is 0 Å². The van der Waals surface area contributed by atoms with Gasteiger partial charge in [-0.1, -0.05) is 95.4 Å². The largest absolute Gasteiger partial charge is 0.310 e. The highest BCUT2D eigenvalue weighted by molar-refractivity contribution is 5.29. The van der Waals surface area contributed by atoms with Gasteiger partial charge >= 0.3 is 0 Å². The molecule has 0 radical (unpaired) electrons. The number of benzene rings is 1. The second-order valence-electron chi connectivity index (χ2n) is 7.02. The molecule has 1 aliphatic heterocycles. The summed E-state index contributed by atoms with van der Waals surface area (Å²) in [7, 11) is 0. The third-order valence-corrected chi connectivity index (χ3v) is 5.07. The average molecular weight is 302 g/mol. The van der Waals surface area contributed by atoms with Crippen LogP contribution in [0.25, 0.3) is 0 Å². The summed E-state index contributed by atoms with van der Waals surface area (Å²) in [6.07, 6.45) is 16.9. The molecule has 1 N–H and O–H groups in total. The van der Waals surface area contributed by atoms with Crippen LogP contribution < -0.4 is 5.32 Å². The Morgan fingerprint density at radius 2 is 1.41 bits per heavy atom. The molecule has 0 aliphatic carbocycles. The summed E-state index contributed by atoms with van der Waals surface area (Å²) in [4.78, 5) is 0. The fraction of sp³-hybridized carbons (Fsp3) is 0.714. The van der Waals surface area contributed by atoms with Gasteiger partial charge in [0.15, 0.2) is 0 Å². The Kier molecular flexibility index (Phi) is 8.63. The fourth-order valence-electron chi connectivity index (χ4n) is 3.60. The van der Waals surface area contributed by atoms with Crippen LogP contribution in [0.2, 0.25) is 0 Å². The first-order valence-electron chi connectivity index (χ1n) is 9.70. The lowest BCUT2D eigenvalue weighted by Gasteiger charge is -2.26. The topological polar surface area (TPSA) is 12.0 Å². The molecule has 0 saturated heterocycles. The lowest BCUT2D eigenvalue weighted by molar-refractivity contribution is 0.429. The zero-order valence-corrected chi connectivity index (χ0v) is 14.6. The van der Waals surface area contributed by atoms with Crippen molar-refractivity contribution in [3.63, 3.8) is 0 Å². The van der Waals surface area contributed by atoms with Crippen LogP contribution in [-0.4, -0.2) is 6.04 Å². The smallest absolute Gasteiger partial charge is 0.0210 e. The number of hydrogen-bond donors (Lipinski definition) is 1. The molecule has 1 heteroatoms. The van der Waals surface area contributed by atoms with Crippen LogP contribution in [0, 0.1) is 0 Å². The van der Waals surface area contributed by atoms with Crippen LogP contribution >= 0.6 is 0 Å². The first-order valence-corrected chi connectivity index (χ1v) is 9.70. The average Bonchev–Trinajstić information content (AvgIpc) is 2.56. The Morgan fingerprint density at radius 3 is 2.09 bits per heavy atom. The molecule has 1 aromatic carbocycles. The van der Waals surface area contributed by atoms with Gasteiger partial charge < -0.3 is 5.32 Å². The molecule has 0 spiro atoms. The molecular formula is C21H35N. The van der Waals surface area contributed by atoms with Crippen molar-refractivity contribution in [2.24, 2.45) is 0 Å². The van der Waals surface area contributed by atoms with Gasteiger partial charge in [-0.15, -0.1) is 0 Å². The van der Waals surface area contributed by atoms with E-state index in [1.165, 1.54) is 82.6 Å². The maximum Gasteiger partial charge on any atom is 0.0210 e. The Hall–Kier alpha value is -0.820. The first kappa shape index (κ1) is 17.5. The summed E-state index contributed by atoms with van der Waals surface area (Å²) in [5.74, 6) is 0. The molecule has 22 heavy (non-hydrogen) atoms. The molecule has 1 aliphatic rings. The molecule has 124 valence electrons. The molecule has 1 heterocycles. The van der Waals surface area contributed by atoms with Crippen molar-refractivity contribution in [2.75, 3.05) is 0 Å². The number of hydrogen-bond acceptors (Lipinski definition) is 1. The Bertz CT molecular complexity index is 399. The molecule has 0 amide bonds. The van der Waals surface area contributed by atoms with Crippen LogP contribution in [0.5, 0.6) is 0 Å². The van der Waals surface area contributed by atoms with E-state index < -0.39 is 0 Å². The van der Waals surface area contributed by atoms with Gasteiger partial charge in [0.25, 0.3) is 0 Å². The Morgan fingerprint density at radius 1 is 0.818 bits per heavy atom. The van der Waals surface area contributed by atoms with Crippen LogP contribution in [-0.2, 0) is 13.0 Å². The van der Waals surface area contributed by atoms with E-state index in [1.807, 2.05) is 0 Å². The number of rotatable bonds is 11. The van der Waals surface area contributed by atoms with Gasteiger partial charge in [-0.05, 0) is 24.0 Å². The van der Waals surface area contributed by atoms with E-state index in [1.54, 1.807) is 5.56 Å². The van der Waals surface area contributed by atoms with E-state index in [9.17, 15) is 0 Å². The number of nitrogens with one attached hydrogen (secondary N) is 1. The first-order chi connectivity index (χ1) is 10.9. The van der Waals surface area contributed by atoms with Crippen molar-refractivity contribution < 1.29 is 0 Å². The maximum atomic E-state index is 3.71. The van der Waals surface area contributed by atoms with Gasteiger partial charge in [0.2, 0.25) is 0 Å². The lowest BCUT2D eigenvalue weighted by Crippen LogP contribution is -2.35. The lowest BCUT2D eigenvalue weighted by atomic mass is 9.93. The molecular weight excluding hydrogens is 266 g/mol. The van der Waals surface area contributed by atoms with E-state index in [0.717, 1.165) is 6.54 Å². The minimum Gasteiger partial charge on any atom is -0.310 e. The standard InChI is InChI=1S/C21H35N/c1-2-3-4-5-6-7-8-9-10-11-16-21-17-19-14-12-13-15-20(19)18-22-21/h12-15,21-22H,2-11,16-18H2,1H3.